The molecule has 1 heterocycles. The van der Waals surface area contributed by atoms with Gasteiger partial charge in [-0.1, -0.05) is 23.6 Å². The number of H-pyrrole nitrogens is 1. The summed E-state index contributed by atoms with van der Waals surface area (Å²) in [4.78, 5) is 16.7. The zero-order valence-corrected chi connectivity index (χ0v) is 12.0. The fourth-order valence-electron chi connectivity index (χ4n) is 2.16. The molecule has 1 aromatic heterocycles. The van der Waals surface area contributed by atoms with E-state index < -0.39 is 0 Å². The predicted molar refractivity (Wildman–Crippen MR) is 87.0 cm³/mol. The first-order chi connectivity index (χ1) is 9.65. The van der Waals surface area contributed by atoms with Gasteiger partial charge in [0.05, 0.1) is 0 Å². The number of aromatic nitrogens is 1. The van der Waals surface area contributed by atoms with Gasteiger partial charge in [0.1, 0.15) is 0 Å². The number of aryl methyl sites for hydroxylation is 1. The van der Waals surface area contributed by atoms with Crippen LogP contribution in [0.4, 0.5) is 0 Å². The minimum Gasteiger partial charge on any atom is -0.329 e. The molecule has 0 bridgehead atoms. The minimum absolute atomic E-state index is 0.0478. The maximum Gasteiger partial charge on any atom is 0.255 e. The van der Waals surface area contributed by atoms with Crippen LogP contribution in [-0.2, 0) is 0 Å². The molecule has 0 aliphatic rings. The van der Waals surface area contributed by atoms with Gasteiger partial charge in [0.2, 0.25) is 0 Å². The van der Waals surface area contributed by atoms with Gasteiger partial charge in [-0.3, -0.25) is 4.79 Å². The normalized spacial score (nSPS) is 12.4. The highest BCUT2D eigenvalue weighted by Gasteiger charge is 2.04. The van der Waals surface area contributed by atoms with Gasteiger partial charge in [-0.05, 0) is 48.7 Å². The maximum atomic E-state index is 11.7. The van der Waals surface area contributed by atoms with Crippen LogP contribution in [-0.4, -0.2) is 10.9 Å². The van der Waals surface area contributed by atoms with Crippen molar-refractivity contribution in [2.24, 2.45) is 0 Å². The summed E-state index contributed by atoms with van der Waals surface area (Å²) in [5.74, 6) is 4.28. The van der Waals surface area contributed by atoms with Crippen molar-refractivity contribution in [3.05, 3.63) is 70.6 Å². The Morgan fingerprint density at radius 2 is 1.70 bits per heavy atom. The van der Waals surface area contributed by atoms with Crippen LogP contribution in [0.15, 0.2) is 69.3 Å². The van der Waals surface area contributed by atoms with E-state index in [-0.39, 0.29) is 16.0 Å². The predicted octanol–water partition coefficient (Wildman–Crippen LogP) is 3.96. The van der Waals surface area contributed by atoms with Crippen LogP contribution in [0.25, 0.3) is 10.8 Å². The summed E-state index contributed by atoms with van der Waals surface area (Å²) >= 11 is 0. The van der Waals surface area contributed by atoms with Gasteiger partial charge in [-0.25, -0.2) is 0 Å². The summed E-state index contributed by atoms with van der Waals surface area (Å²) < 4.78 is 0. The summed E-state index contributed by atoms with van der Waals surface area (Å²) in [7, 11) is -0.230. The van der Waals surface area contributed by atoms with Gasteiger partial charge in [0.25, 0.3) is 5.56 Å². The van der Waals surface area contributed by atoms with E-state index in [9.17, 15) is 4.79 Å². The molecule has 0 aliphatic heterocycles. The Morgan fingerprint density at radius 3 is 2.45 bits per heavy atom. The van der Waals surface area contributed by atoms with Crippen molar-refractivity contribution in [2.45, 2.75) is 16.7 Å². The second-order valence-electron chi connectivity index (χ2n) is 4.76. The average Bonchev–Trinajstić information content (AvgIpc) is 2.47. The molecule has 0 saturated carbocycles. The third-order valence-electron chi connectivity index (χ3n) is 3.33. The molecule has 1 N–H and O–H groups in total. The Balaban J connectivity index is 2.08. The van der Waals surface area contributed by atoms with Crippen molar-refractivity contribution in [1.82, 2.24) is 4.98 Å². The highest BCUT2D eigenvalue weighted by molar-refractivity contribution is 8.14. The van der Waals surface area contributed by atoms with Gasteiger partial charge < -0.3 is 4.98 Å². The maximum absolute atomic E-state index is 11.7. The summed E-state index contributed by atoms with van der Waals surface area (Å²) in [6, 6.07) is 16.3. The SMILES string of the molecule is C=S(c1ccc(C)cc1)c1ccc2c(=O)[nH]ccc2c1. The second-order valence-corrected chi connectivity index (χ2v) is 6.48. The number of hydrogen-bond acceptors (Lipinski definition) is 1. The molecule has 1 atom stereocenters. The molecular weight excluding hydrogens is 266 g/mol. The molecule has 0 radical (unpaired) electrons. The van der Waals surface area contributed by atoms with E-state index in [1.165, 1.54) is 10.5 Å². The second kappa shape index (κ2) is 5.10. The molecule has 0 fully saturated rings. The van der Waals surface area contributed by atoms with E-state index in [4.69, 9.17) is 0 Å². The van der Waals surface area contributed by atoms with Crippen LogP contribution in [0.3, 0.4) is 0 Å². The number of hydrogen-bond donors (Lipinski definition) is 1. The van der Waals surface area contributed by atoms with E-state index >= 15 is 0 Å². The number of benzene rings is 2. The molecule has 0 spiro atoms. The lowest BCUT2D eigenvalue weighted by Crippen LogP contribution is -2.03. The van der Waals surface area contributed by atoms with Gasteiger partial charge in [0, 0.05) is 21.4 Å². The summed E-state index contributed by atoms with van der Waals surface area (Å²) in [6.45, 7) is 2.08. The zero-order valence-electron chi connectivity index (χ0n) is 11.2. The van der Waals surface area contributed by atoms with Gasteiger partial charge in [0.15, 0.2) is 0 Å². The number of pyridine rings is 1. The van der Waals surface area contributed by atoms with Crippen molar-refractivity contribution in [3.8, 4) is 0 Å². The highest BCUT2D eigenvalue weighted by atomic mass is 32.2. The van der Waals surface area contributed by atoms with Crippen LogP contribution in [0.5, 0.6) is 0 Å². The molecule has 3 rings (SSSR count). The molecule has 2 aromatic carbocycles. The highest BCUT2D eigenvalue weighted by Crippen LogP contribution is 2.35. The lowest BCUT2D eigenvalue weighted by Gasteiger charge is -2.09. The third-order valence-corrected chi connectivity index (χ3v) is 5.00. The number of aromatic amines is 1. The quantitative estimate of drug-likeness (QED) is 0.709. The molecule has 100 valence electrons. The molecule has 20 heavy (non-hydrogen) atoms. The van der Waals surface area contributed by atoms with Gasteiger partial charge in [-0.2, -0.15) is 0 Å². The lowest BCUT2D eigenvalue weighted by atomic mass is 10.2. The van der Waals surface area contributed by atoms with E-state index in [1.54, 1.807) is 6.20 Å². The van der Waals surface area contributed by atoms with E-state index in [0.29, 0.717) is 0 Å². The Labute approximate surface area is 120 Å². The molecule has 2 nitrogen and oxygen atoms in total. The van der Waals surface area contributed by atoms with E-state index in [0.717, 1.165) is 15.7 Å². The van der Waals surface area contributed by atoms with Crippen LogP contribution in [0, 0.1) is 6.92 Å². The number of rotatable bonds is 2. The first-order valence-corrected chi connectivity index (χ1v) is 7.76. The largest absolute Gasteiger partial charge is 0.329 e. The average molecular weight is 281 g/mol. The molecular formula is C17H15NOS. The van der Waals surface area contributed by atoms with Crippen LogP contribution < -0.4 is 5.56 Å². The summed E-state index contributed by atoms with van der Waals surface area (Å²) in [6.07, 6.45) is 1.68. The van der Waals surface area contributed by atoms with Crippen LogP contribution in [0.1, 0.15) is 5.56 Å². The van der Waals surface area contributed by atoms with E-state index in [2.05, 4.69) is 48.1 Å². The van der Waals surface area contributed by atoms with Crippen LogP contribution >= 0.6 is 10.5 Å². The molecule has 3 aromatic rings. The standard InChI is InChI=1S/C17H15NOS/c1-12-3-5-14(6-4-12)20(2)15-7-8-16-13(11-15)9-10-18-17(16)19/h3-11H,2H2,1H3,(H,18,19). The first kappa shape index (κ1) is 12.9. The fourth-order valence-corrected chi connectivity index (χ4v) is 3.40. The Bertz CT molecular complexity index is 847. The topological polar surface area (TPSA) is 32.9 Å². The van der Waals surface area contributed by atoms with Gasteiger partial charge >= 0.3 is 0 Å². The fraction of sp³-hybridized carbons (Fsp3) is 0.0588. The van der Waals surface area contributed by atoms with Gasteiger partial charge in [-0.15, -0.1) is 10.5 Å². The molecule has 1 unspecified atom stereocenters. The first-order valence-electron chi connectivity index (χ1n) is 6.37. The number of fused-ring (bicyclic) bond motifs is 1. The van der Waals surface area contributed by atoms with Crippen LogP contribution in [0.2, 0.25) is 0 Å². The minimum atomic E-state index is -0.230. The van der Waals surface area contributed by atoms with E-state index in [1.807, 2.05) is 18.2 Å². The summed E-state index contributed by atoms with van der Waals surface area (Å²) in [5.41, 5.74) is 1.20. The molecule has 0 amide bonds. The Kier molecular flexibility index (Phi) is 3.28. The lowest BCUT2D eigenvalue weighted by molar-refractivity contribution is 1.27. The Morgan fingerprint density at radius 1 is 1.00 bits per heavy atom. The zero-order chi connectivity index (χ0) is 14.1. The monoisotopic (exact) mass is 281 g/mol. The smallest absolute Gasteiger partial charge is 0.255 e. The number of nitrogens with one attached hydrogen (secondary N) is 1. The van der Waals surface area contributed by atoms with Crippen molar-refractivity contribution in [3.63, 3.8) is 0 Å². The van der Waals surface area contributed by atoms with Crippen molar-refractivity contribution < 1.29 is 0 Å². The molecule has 0 saturated heterocycles. The van der Waals surface area contributed by atoms with Crippen molar-refractivity contribution in [1.29, 1.82) is 0 Å². The molecule has 3 heteroatoms. The molecule has 0 aliphatic carbocycles. The van der Waals surface area contributed by atoms with Crippen molar-refractivity contribution in [2.75, 3.05) is 0 Å². The Hall–Kier alpha value is -2.13. The summed E-state index contributed by atoms with van der Waals surface area (Å²) in [5, 5.41) is 1.68. The third kappa shape index (κ3) is 2.32. The van der Waals surface area contributed by atoms with Crippen molar-refractivity contribution >= 4 is 27.1 Å².